The van der Waals surface area contributed by atoms with Crippen molar-refractivity contribution in [1.82, 2.24) is 4.48 Å². The molecule has 128 valence electrons. The number of fused-ring (bicyclic) bond motifs is 1. The van der Waals surface area contributed by atoms with Crippen molar-refractivity contribution >= 4 is 17.2 Å². The molecule has 2 nitrogen and oxygen atoms in total. The fraction of sp³-hybridized carbons (Fsp3) is 0.0800. The Bertz CT molecular complexity index is 1100. The van der Waals surface area contributed by atoms with Gasteiger partial charge >= 0.3 is 0 Å². The maximum Gasteiger partial charge on any atom is 0.288 e. The van der Waals surface area contributed by atoms with Crippen LogP contribution in [0.4, 0.5) is 11.4 Å². The summed E-state index contributed by atoms with van der Waals surface area (Å²) >= 11 is 0. The Morgan fingerprint density at radius 1 is 0.815 bits per heavy atom. The SMILES string of the molecule is C#CC(c1ccccc1)[N+]1(C)C(C#Cc2ccccc2)=Nc2ccccc21. The molecule has 3 aromatic carbocycles. The third-order valence-electron chi connectivity index (χ3n) is 4.93. The fourth-order valence-electron chi connectivity index (χ4n) is 3.52. The van der Waals surface area contributed by atoms with Gasteiger partial charge in [0.2, 0.25) is 0 Å². The van der Waals surface area contributed by atoms with E-state index >= 15 is 0 Å². The van der Waals surface area contributed by atoms with E-state index in [0.717, 1.165) is 28.3 Å². The molecule has 0 spiro atoms. The van der Waals surface area contributed by atoms with E-state index in [1.165, 1.54) is 0 Å². The smallest absolute Gasteiger partial charge is 0.219 e. The zero-order chi connectivity index (χ0) is 18.7. The maximum atomic E-state index is 6.03. The van der Waals surface area contributed by atoms with E-state index in [9.17, 15) is 0 Å². The van der Waals surface area contributed by atoms with Gasteiger partial charge in [0, 0.05) is 23.1 Å². The van der Waals surface area contributed by atoms with Crippen molar-refractivity contribution in [3.8, 4) is 24.2 Å². The molecule has 0 saturated carbocycles. The molecule has 0 aromatic heterocycles. The van der Waals surface area contributed by atoms with Crippen LogP contribution in [0.5, 0.6) is 0 Å². The highest BCUT2D eigenvalue weighted by atomic mass is 15.4. The monoisotopic (exact) mass is 347 g/mol. The Morgan fingerprint density at radius 3 is 2.15 bits per heavy atom. The summed E-state index contributed by atoms with van der Waals surface area (Å²) in [5, 5.41) is 0. The number of nitrogens with zero attached hydrogens (tertiary/aromatic N) is 2. The van der Waals surface area contributed by atoms with Gasteiger partial charge in [0.1, 0.15) is 5.69 Å². The number of benzene rings is 3. The first kappa shape index (κ1) is 16.9. The van der Waals surface area contributed by atoms with Crippen LogP contribution in [0.15, 0.2) is 89.9 Å². The maximum absolute atomic E-state index is 6.03. The van der Waals surface area contributed by atoms with Crippen LogP contribution in [0.25, 0.3) is 0 Å². The van der Waals surface area contributed by atoms with Crippen LogP contribution < -0.4 is 4.48 Å². The lowest BCUT2D eigenvalue weighted by atomic mass is 10.0. The third kappa shape index (κ3) is 2.93. The number of aliphatic imine (C=N–C) groups is 1. The van der Waals surface area contributed by atoms with E-state index in [4.69, 9.17) is 11.4 Å². The second-order valence-corrected chi connectivity index (χ2v) is 6.60. The molecule has 1 aliphatic rings. The van der Waals surface area contributed by atoms with Crippen LogP contribution in [-0.4, -0.2) is 12.9 Å². The van der Waals surface area contributed by atoms with Crippen molar-refractivity contribution in [2.24, 2.45) is 4.99 Å². The highest BCUT2D eigenvalue weighted by molar-refractivity contribution is 6.13. The van der Waals surface area contributed by atoms with Gasteiger partial charge in [0.15, 0.2) is 11.7 Å². The molecule has 0 amide bonds. The lowest BCUT2D eigenvalue weighted by Crippen LogP contribution is -2.50. The Hall–Kier alpha value is -3.59. The summed E-state index contributed by atoms with van der Waals surface area (Å²) in [6, 6.07) is 28.0. The highest BCUT2D eigenvalue weighted by Crippen LogP contribution is 2.45. The molecular formula is C25H19N2+. The summed E-state index contributed by atoms with van der Waals surface area (Å²) in [7, 11) is 2.10. The molecule has 0 fully saturated rings. The summed E-state index contributed by atoms with van der Waals surface area (Å²) in [6.45, 7) is 0. The summed E-state index contributed by atoms with van der Waals surface area (Å²) < 4.78 is 0.372. The van der Waals surface area contributed by atoms with Crippen LogP contribution in [-0.2, 0) is 0 Å². The molecule has 0 saturated heterocycles. The number of hydrogen-bond donors (Lipinski definition) is 0. The second-order valence-electron chi connectivity index (χ2n) is 6.60. The molecule has 4 rings (SSSR count). The number of rotatable bonds is 2. The Kier molecular flexibility index (Phi) is 4.35. The standard InChI is InChI=1S/C25H19N2/c1-3-23(21-14-8-5-9-15-21)27(2)24-17-11-10-16-22(24)26-25(27)19-18-20-12-6-4-7-13-20/h1,4-17,23H,2H3/q+1. The van der Waals surface area contributed by atoms with Gasteiger partial charge in [-0.3, -0.25) is 0 Å². The van der Waals surface area contributed by atoms with Gasteiger partial charge in [-0.05, 0) is 24.1 Å². The summed E-state index contributed by atoms with van der Waals surface area (Å²) in [5.41, 5.74) is 4.03. The first-order valence-electron chi connectivity index (χ1n) is 8.86. The zero-order valence-corrected chi connectivity index (χ0v) is 15.1. The average Bonchev–Trinajstić information content (AvgIpc) is 3.01. The molecule has 2 unspecified atom stereocenters. The Morgan fingerprint density at radius 2 is 1.44 bits per heavy atom. The molecule has 1 aliphatic heterocycles. The molecule has 0 N–H and O–H groups in total. The molecule has 0 radical (unpaired) electrons. The van der Waals surface area contributed by atoms with Gasteiger partial charge in [-0.2, -0.15) is 4.99 Å². The van der Waals surface area contributed by atoms with Crippen LogP contribution >= 0.6 is 0 Å². The van der Waals surface area contributed by atoms with Crippen LogP contribution in [0.2, 0.25) is 0 Å². The van der Waals surface area contributed by atoms with Crippen molar-refractivity contribution in [1.29, 1.82) is 0 Å². The number of terminal acetylenes is 1. The van der Waals surface area contributed by atoms with Crippen molar-refractivity contribution in [2.45, 2.75) is 6.04 Å². The normalized spacial score (nSPS) is 18.4. The molecule has 0 aliphatic carbocycles. The van der Waals surface area contributed by atoms with Crippen molar-refractivity contribution < 1.29 is 0 Å². The first-order chi connectivity index (χ1) is 13.2. The quantitative estimate of drug-likeness (QED) is 0.452. The Balaban J connectivity index is 1.86. The number of quaternary nitrogens is 1. The molecule has 2 heteroatoms. The van der Waals surface area contributed by atoms with Crippen LogP contribution in [0.1, 0.15) is 17.2 Å². The predicted octanol–water partition coefficient (Wildman–Crippen LogP) is 5.09. The first-order valence-corrected chi connectivity index (χ1v) is 8.86. The van der Waals surface area contributed by atoms with E-state index in [-0.39, 0.29) is 6.04 Å². The zero-order valence-electron chi connectivity index (χ0n) is 15.1. The van der Waals surface area contributed by atoms with E-state index in [0.29, 0.717) is 4.48 Å². The predicted molar refractivity (Wildman–Crippen MR) is 113 cm³/mol. The van der Waals surface area contributed by atoms with E-state index in [1.54, 1.807) is 0 Å². The number of hydrogen-bond acceptors (Lipinski definition) is 1. The van der Waals surface area contributed by atoms with Gasteiger partial charge in [-0.1, -0.05) is 66.6 Å². The summed E-state index contributed by atoms with van der Waals surface area (Å²) in [5.74, 6) is 10.3. The molecular weight excluding hydrogens is 328 g/mol. The van der Waals surface area contributed by atoms with Crippen molar-refractivity contribution in [3.63, 3.8) is 0 Å². The number of para-hydroxylation sites is 2. The largest absolute Gasteiger partial charge is 0.288 e. The van der Waals surface area contributed by atoms with E-state index in [2.05, 4.69) is 43.0 Å². The molecule has 27 heavy (non-hydrogen) atoms. The fourth-order valence-corrected chi connectivity index (χ4v) is 3.52. The topological polar surface area (TPSA) is 12.4 Å². The highest BCUT2D eigenvalue weighted by Gasteiger charge is 2.45. The van der Waals surface area contributed by atoms with E-state index in [1.807, 2.05) is 66.7 Å². The van der Waals surface area contributed by atoms with Crippen LogP contribution in [0, 0.1) is 24.2 Å². The minimum Gasteiger partial charge on any atom is -0.219 e. The van der Waals surface area contributed by atoms with Gasteiger partial charge in [0.25, 0.3) is 5.84 Å². The molecule has 3 aromatic rings. The van der Waals surface area contributed by atoms with E-state index < -0.39 is 0 Å². The Labute approximate surface area is 160 Å². The van der Waals surface area contributed by atoms with Gasteiger partial charge in [-0.15, -0.1) is 6.42 Å². The molecule has 0 bridgehead atoms. The van der Waals surface area contributed by atoms with Crippen LogP contribution in [0.3, 0.4) is 0 Å². The molecule has 2 atom stereocenters. The van der Waals surface area contributed by atoms with Gasteiger partial charge in [0.05, 0.1) is 7.05 Å². The summed E-state index contributed by atoms with van der Waals surface area (Å²) in [6.07, 6.45) is 6.03. The third-order valence-corrected chi connectivity index (χ3v) is 4.93. The molecule has 1 heterocycles. The summed E-state index contributed by atoms with van der Waals surface area (Å²) in [4.78, 5) is 4.83. The van der Waals surface area contributed by atoms with Crippen molar-refractivity contribution in [2.75, 3.05) is 7.05 Å². The number of amidine groups is 1. The second kappa shape index (κ2) is 6.96. The van der Waals surface area contributed by atoms with Gasteiger partial charge in [-0.25, -0.2) is 4.48 Å². The minimum atomic E-state index is -0.210. The lowest BCUT2D eigenvalue weighted by Gasteiger charge is -2.34. The van der Waals surface area contributed by atoms with Crippen molar-refractivity contribution in [3.05, 3.63) is 96.1 Å². The minimum absolute atomic E-state index is 0.210. The van der Waals surface area contributed by atoms with Gasteiger partial charge < -0.3 is 0 Å². The lowest BCUT2D eigenvalue weighted by molar-refractivity contribution is 0.451. The average molecular weight is 347 g/mol.